The Bertz CT molecular complexity index is 1360. The quantitative estimate of drug-likeness (QED) is 0.0112. The highest BCUT2D eigenvalue weighted by atomic mass is 16.6. The van der Waals surface area contributed by atoms with Crippen LogP contribution < -0.4 is 21.3 Å². The van der Waals surface area contributed by atoms with Crippen LogP contribution in [-0.2, 0) is 38.0 Å². The maximum Gasteiger partial charge on any atom is 0.407 e. The van der Waals surface area contributed by atoms with Crippen molar-refractivity contribution in [2.45, 2.75) is 127 Å². The van der Waals surface area contributed by atoms with Crippen LogP contribution in [0.5, 0.6) is 0 Å². The Balaban J connectivity index is 2.39. The van der Waals surface area contributed by atoms with Gasteiger partial charge in [0.1, 0.15) is 32.0 Å². The van der Waals surface area contributed by atoms with Crippen molar-refractivity contribution in [2.75, 3.05) is 59.3 Å². The van der Waals surface area contributed by atoms with Gasteiger partial charge in [-0.25, -0.2) is 14.4 Å². The summed E-state index contributed by atoms with van der Waals surface area (Å²) in [5.74, 6) is 0.426. The van der Waals surface area contributed by atoms with Gasteiger partial charge in [-0.2, -0.15) is 0 Å². The Labute approximate surface area is 349 Å². The van der Waals surface area contributed by atoms with E-state index >= 15 is 0 Å². The second-order valence-electron chi connectivity index (χ2n) is 19.0. The molecule has 4 N–H and O–H groups in total. The number of carbonyl (C=O) groups excluding carboxylic acids is 4. The van der Waals surface area contributed by atoms with E-state index in [9.17, 15) is 19.2 Å². The lowest BCUT2D eigenvalue weighted by molar-refractivity contribution is -0.244. The fourth-order valence-corrected chi connectivity index (χ4v) is 7.87. The second kappa shape index (κ2) is 24.3. The minimum Gasteiger partial charge on any atom is -0.476 e. The van der Waals surface area contributed by atoms with Crippen LogP contribution in [0.15, 0.2) is 36.8 Å². The maximum atomic E-state index is 13.0. The number of carbonyl (C=O) groups is 4. The van der Waals surface area contributed by atoms with E-state index in [0.29, 0.717) is 56.3 Å². The molecule has 58 heavy (non-hydrogen) atoms. The Morgan fingerprint density at radius 3 is 1.62 bits per heavy atom. The van der Waals surface area contributed by atoms with E-state index in [1.54, 1.807) is 13.8 Å². The predicted molar refractivity (Wildman–Crippen MR) is 227 cm³/mol. The van der Waals surface area contributed by atoms with E-state index in [-0.39, 0.29) is 43.0 Å². The van der Waals surface area contributed by atoms with Crippen LogP contribution in [0.3, 0.4) is 0 Å². The summed E-state index contributed by atoms with van der Waals surface area (Å²) in [6, 6.07) is 0. The molecule has 1 rings (SSSR count). The molecule has 14 nitrogen and oxygen atoms in total. The molecule has 0 aliphatic heterocycles. The number of alkyl carbamates (subject to hydrolysis) is 2. The molecule has 2 atom stereocenters. The van der Waals surface area contributed by atoms with Crippen LogP contribution in [0.4, 0.5) is 9.59 Å². The number of hydrogen-bond acceptors (Lipinski definition) is 12. The average Bonchev–Trinajstić information content (AvgIpc) is 3.09. The zero-order chi connectivity index (χ0) is 44.3. The SMILES string of the molecule is C=C(C)CC(=O)OCCOCNCCC(C)CC(C)(C)CNC(=O)OC1C(C)(C)C(OC(=O)NCC(C)(C)CC(C)CCNC(=C)OCCOC(=O)C(=C)C)C1(C)C. The molecule has 0 aromatic carbocycles. The van der Waals surface area contributed by atoms with E-state index in [2.05, 4.69) is 82.5 Å². The molecule has 0 spiro atoms. The van der Waals surface area contributed by atoms with Crippen molar-refractivity contribution in [3.05, 3.63) is 36.8 Å². The number of nitrogens with one attached hydrogen (secondary N) is 4. The van der Waals surface area contributed by atoms with E-state index < -0.39 is 41.2 Å². The predicted octanol–water partition coefficient (Wildman–Crippen LogP) is 7.40. The third kappa shape index (κ3) is 20.3. The van der Waals surface area contributed by atoms with Crippen molar-refractivity contribution in [3.8, 4) is 0 Å². The molecule has 0 bridgehead atoms. The van der Waals surface area contributed by atoms with Crippen LogP contribution in [0.1, 0.15) is 115 Å². The molecule has 334 valence electrons. The lowest BCUT2D eigenvalue weighted by Gasteiger charge is -2.61. The highest BCUT2D eigenvalue weighted by Crippen LogP contribution is 2.57. The van der Waals surface area contributed by atoms with E-state index in [1.165, 1.54) is 0 Å². The number of hydrogen-bond donors (Lipinski definition) is 4. The molecule has 0 radical (unpaired) electrons. The number of amides is 2. The molecule has 0 aromatic heterocycles. The molecule has 1 fully saturated rings. The lowest BCUT2D eigenvalue weighted by Crippen LogP contribution is -2.70. The first-order chi connectivity index (χ1) is 26.8. The van der Waals surface area contributed by atoms with Gasteiger partial charge in [-0.1, -0.05) is 88.0 Å². The summed E-state index contributed by atoms with van der Waals surface area (Å²) < 4.78 is 33.0. The summed E-state index contributed by atoms with van der Waals surface area (Å²) in [6.45, 7) is 38.7. The normalized spacial score (nSPS) is 18.0. The van der Waals surface area contributed by atoms with Gasteiger partial charge in [-0.05, 0) is 75.3 Å². The molecule has 1 saturated carbocycles. The van der Waals surface area contributed by atoms with Gasteiger partial charge in [0.05, 0.1) is 19.8 Å². The van der Waals surface area contributed by atoms with Gasteiger partial charge < -0.3 is 44.4 Å². The largest absolute Gasteiger partial charge is 0.476 e. The van der Waals surface area contributed by atoms with E-state index in [0.717, 1.165) is 37.8 Å². The fraction of sp³-hybridized carbons (Fsp3) is 0.773. The van der Waals surface area contributed by atoms with Gasteiger partial charge in [0.25, 0.3) is 0 Å². The molecule has 0 aromatic rings. The fourth-order valence-electron chi connectivity index (χ4n) is 7.87. The van der Waals surface area contributed by atoms with Crippen molar-refractivity contribution in [1.82, 2.24) is 21.3 Å². The number of ether oxygens (including phenoxy) is 6. The molecule has 0 heterocycles. The second-order valence-corrected chi connectivity index (χ2v) is 19.0. The van der Waals surface area contributed by atoms with Gasteiger partial charge in [0.15, 0.2) is 5.88 Å². The third-order valence-corrected chi connectivity index (χ3v) is 10.2. The van der Waals surface area contributed by atoms with Crippen molar-refractivity contribution in [1.29, 1.82) is 0 Å². The molecule has 2 unspecified atom stereocenters. The topological polar surface area (TPSA) is 172 Å². The first-order valence-electron chi connectivity index (χ1n) is 20.6. The molecule has 14 heteroatoms. The average molecular weight is 823 g/mol. The zero-order valence-electron chi connectivity index (χ0n) is 37.9. The van der Waals surface area contributed by atoms with Crippen LogP contribution in [0, 0.1) is 33.5 Å². The monoisotopic (exact) mass is 823 g/mol. The molecule has 0 saturated heterocycles. The van der Waals surface area contributed by atoms with E-state index in [1.807, 2.05) is 27.7 Å². The standard InChI is InChI=1S/C44H78N4O10/c1-30(2)24-35(49)55-21-20-53-29-45-18-16-32(5)25-41(8,9)27-47-39(51)57-37-43(12,13)38(44(37,14)15)58-40(52)48-28-42(10,11)26-33(6)17-19-46-34(7)54-22-23-56-36(50)31(3)4/h32-33,37-38,45-46H,1,3,7,16-29H2,2,4-6,8-15H3,(H,47,51)(H,48,52). The van der Waals surface area contributed by atoms with Gasteiger partial charge in [0.2, 0.25) is 0 Å². The Kier molecular flexibility index (Phi) is 21.9. The zero-order valence-corrected chi connectivity index (χ0v) is 37.9. The van der Waals surface area contributed by atoms with Gasteiger partial charge in [0, 0.05) is 36.0 Å². The minimum atomic E-state index is -0.589. The van der Waals surface area contributed by atoms with Crippen molar-refractivity contribution < 1.29 is 47.6 Å². The Morgan fingerprint density at radius 1 is 0.672 bits per heavy atom. The first-order valence-corrected chi connectivity index (χ1v) is 20.6. The summed E-state index contributed by atoms with van der Waals surface area (Å²) >= 11 is 0. The van der Waals surface area contributed by atoms with Gasteiger partial charge in [-0.3, -0.25) is 10.1 Å². The summed E-state index contributed by atoms with van der Waals surface area (Å²) in [6.07, 6.45) is 1.90. The summed E-state index contributed by atoms with van der Waals surface area (Å²) in [7, 11) is 0. The van der Waals surface area contributed by atoms with E-state index in [4.69, 9.17) is 28.4 Å². The van der Waals surface area contributed by atoms with Crippen molar-refractivity contribution in [2.24, 2.45) is 33.5 Å². The Hall–Kier alpha value is -3.78. The molecular weight excluding hydrogens is 745 g/mol. The van der Waals surface area contributed by atoms with Gasteiger partial charge >= 0.3 is 24.1 Å². The van der Waals surface area contributed by atoms with Crippen LogP contribution in [0.2, 0.25) is 0 Å². The highest BCUT2D eigenvalue weighted by Gasteiger charge is 2.66. The maximum absolute atomic E-state index is 13.0. The highest BCUT2D eigenvalue weighted by molar-refractivity contribution is 5.86. The molecule has 1 aliphatic rings. The van der Waals surface area contributed by atoms with Crippen LogP contribution in [0.25, 0.3) is 0 Å². The van der Waals surface area contributed by atoms with Crippen LogP contribution in [-0.4, -0.2) is 95.7 Å². The molecular formula is C44H78N4O10. The third-order valence-electron chi connectivity index (χ3n) is 10.2. The minimum absolute atomic E-state index is 0.118. The lowest BCUT2D eigenvalue weighted by atomic mass is 9.51. The Morgan fingerprint density at radius 2 is 1.14 bits per heavy atom. The smallest absolute Gasteiger partial charge is 0.407 e. The molecule has 2 amide bonds. The number of rotatable bonds is 29. The summed E-state index contributed by atoms with van der Waals surface area (Å²) in [5.41, 5.74) is -0.416. The van der Waals surface area contributed by atoms with Crippen LogP contribution >= 0.6 is 0 Å². The van der Waals surface area contributed by atoms with Gasteiger partial charge in [-0.15, -0.1) is 0 Å². The number of esters is 2. The van der Waals surface area contributed by atoms with Crippen molar-refractivity contribution in [3.63, 3.8) is 0 Å². The van der Waals surface area contributed by atoms with Crippen molar-refractivity contribution >= 4 is 24.1 Å². The summed E-state index contributed by atoms with van der Waals surface area (Å²) in [5, 5.41) is 12.3. The summed E-state index contributed by atoms with van der Waals surface area (Å²) in [4.78, 5) is 49.1. The molecule has 1 aliphatic carbocycles. The first kappa shape index (κ1) is 52.2.